The third kappa shape index (κ3) is 2.69. The van der Waals surface area contributed by atoms with E-state index in [-0.39, 0.29) is 18.7 Å². The number of nitrogens with zero attached hydrogens (tertiary/aromatic N) is 1. The summed E-state index contributed by atoms with van der Waals surface area (Å²) >= 11 is 0. The Morgan fingerprint density at radius 3 is 2.58 bits per heavy atom. The molecule has 0 spiro atoms. The van der Waals surface area contributed by atoms with Gasteiger partial charge in [-0.3, -0.25) is 9.59 Å². The van der Waals surface area contributed by atoms with E-state index < -0.39 is 18.1 Å². The second-order valence-electron chi connectivity index (χ2n) is 4.24. The van der Waals surface area contributed by atoms with E-state index in [4.69, 9.17) is 5.11 Å². The number of rotatable bonds is 2. The molecule has 1 aromatic carbocycles. The molecule has 1 amide bonds. The molecular weight excluding hydrogens is 263 g/mol. The topological polar surface area (TPSA) is 57.6 Å². The fourth-order valence-electron chi connectivity index (χ4n) is 2.07. The van der Waals surface area contributed by atoms with Crippen LogP contribution >= 0.6 is 0 Å². The highest BCUT2D eigenvalue weighted by molar-refractivity contribution is 5.99. The molecule has 0 unspecified atom stereocenters. The first kappa shape index (κ1) is 13.4. The summed E-state index contributed by atoms with van der Waals surface area (Å²) in [6.07, 6.45) is -4.88. The highest BCUT2D eigenvalue weighted by Gasteiger charge is 2.44. The first-order chi connectivity index (χ1) is 8.79. The van der Waals surface area contributed by atoms with E-state index in [0.717, 1.165) is 0 Å². The number of benzene rings is 1. The lowest BCUT2D eigenvalue weighted by Crippen LogP contribution is -2.40. The molecule has 1 aliphatic rings. The lowest BCUT2D eigenvalue weighted by molar-refractivity contribution is -0.170. The fraction of sp³-hybridized carbons (Fsp3) is 0.333. The van der Waals surface area contributed by atoms with Gasteiger partial charge in [0.1, 0.15) is 0 Å². The van der Waals surface area contributed by atoms with Gasteiger partial charge in [0, 0.05) is 12.2 Å². The number of amides is 1. The van der Waals surface area contributed by atoms with Gasteiger partial charge >= 0.3 is 18.1 Å². The Morgan fingerprint density at radius 1 is 1.32 bits per heavy atom. The SMILES string of the molecule is O=C(O)Cc1ccc2c(c1)N(C(=O)C(F)(F)F)CC2. The Bertz CT molecular complexity index is 540. The summed E-state index contributed by atoms with van der Waals surface area (Å²) in [5.41, 5.74) is 1.14. The maximum absolute atomic E-state index is 12.4. The maximum atomic E-state index is 12.4. The molecule has 0 saturated heterocycles. The zero-order chi connectivity index (χ0) is 14.2. The summed E-state index contributed by atoms with van der Waals surface area (Å²) < 4.78 is 37.3. The van der Waals surface area contributed by atoms with Crippen molar-refractivity contribution < 1.29 is 27.9 Å². The minimum absolute atomic E-state index is 0.0375. The van der Waals surface area contributed by atoms with Crippen molar-refractivity contribution in [3.63, 3.8) is 0 Å². The van der Waals surface area contributed by atoms with Gasteiger partial charge in [-0.2, -0.15) is 13.2 Å². The molecule has 19 heavy (non-hydrogen) atoms. The fourth-order valence-corrected chi connectivity index (χ4v) is 2.07. The van der Waals surface area contributed by atoms with Crippen molar-refractivity contribution in [3.05, 3.63) is 29.3 Å². The van der Waals surface area contributed by atoms with Crippen LogP contribution in [0.4, 0.5) is 18.9 Å². The predicted molar refractivity (Wildman–Crippen MR) is 59.9 cm³/mol. The van der Waals surface area contributed by atoms with Gasteiger partial charge in [-0.25, -0.2) is 0 Å². The van der Waals surface area contributed by atoms with Crippen LogP contribution in [0.15, 0.2) is 18.2 Å². The Balaban J connectivity index is 2.32. The Labute approximate surface area is 106 Å². The average Bonchev–Trinajstić information content (AvgIpc) is 2.68. The van der Waals surface area contributed by atoms with Crippen molar-refractivity contribution in [2.24, 2.45) is 0 Å². The van der Waals surface area contributed by atoms with Crippen LogP contribution in [-0.4, -0.2) is 29.7 Å². The van der Waals surface area contributed by atoms with Crippen molar-refractivity contribution in [2.75, 3.05) is 11.4 Å². The Morgan fingerprint density at radius 2 is 2.00 bits per heavy atom. The highest BCUT2D eigenvalue weighted by atomic mass is 19.4. The van der Waals surface area contributed by atoms with E-state index in [1.165, 1.54) is 6.07 Å². The summed E-state index contributed by atoms with van der Waals surface area (Å²) in [5.74, 6) is -3.00. The van der Waals surface area contributed by atoms with E-state index in [9.17, 15) is 22.8 Å². The third-order valence-corrected chi connectivity index (χ3v) is 2.89. The molecule has 2 rings (SSSR count). The number of hydrogen-bond donors (Lipinski definition) is 1. The van der Waals surface area contributed by atoms with Crippen LogP contribution in [0, 0.1) is 0 Å². The van der Waals surface area contributed by atoms with E-state index >= 15 is 0 Å². The molecule has 102 valence electrons. The second kappa shape index (κ2) is 4.56. The predicted octanol–water partition coefficient (Wildman–Crippen LogP) is 1.77. The van der Waals surface area contributed by atoms with Crippen LogP contribution in [0.3, 0.4) is 0 Å². The summed E-state index contributed by atoms with van der Waals surface area (Å²) in [7, 11) is 0. The smallest absolute Gasteiger partial charge is 0.471 e. The molecule has 0 saturated carbocycles. The number of halogens is 3. The number of hydrogen-bond acceptors (Lipinski definition) is 2. The molecule has 1 heterocycles. The number of carbonyl (C=O) groups is 2. The third-order valence-electron chi connectivity index (χ3n) is 2.89. The molecule has 0 radical (unpaired) electrons. The molecular formula is C12H10F3NO3. The number of aliphatic carboxylic acids is 1. The molecule has 0 aliphatic carbocycles. The Hall–Kier alpha value is -2.05. The molecule has 0 aromatic heterocycles. The van der Waals surface area contributed by atoms with Crippen LogP contribution < -0.4 is 4.90 Å². The Kier molecular flexibility index (Phi) is 3.21. The number of anilines is 1. The second-order valence-corrected chi connectivity index (χ2v) is 4.24. The van der Waals surface area contributed by atoms with Crippen molar-refractivity contribution in [1.82, 2.24) is 0 Å². The molecule has 1 aromatic rings. The molecule has 0 bridgehead atoms. The molecule has 1 N–H and O–H groups in total. The minimum Gasteiger partial charge on any atom is -0.481 e. The van der Waals surface area contributed by atoms with Crippen molar-refractivity contribution in [1.29, 1.82) is 0 Å². The van der Waals surface area contributed by atoms with E-state index in [1.54, 1.807) is 12.1 Å². The quantitative estimate of drug-likeness (QED) is 0.893. The van der Waals surface area contributed by atoms with E-state index in [2.05, 4.69) is 0 Å². The standard InChI is InChI=1S/C12H10F3NO3/c13-12(14,15)11(19)16-4-3-8-2-1-7(5-9(8)16)6-10(17)18/h1-2,5H,3-4,6H2,(H,17,18). The largest absolute Gasteiger partial charge is 0.481 e. The van der Waals surface area contributed by atoms with Gasteiger partial charge in [0.05, 0.1) is 6.42 Å². The summed E-state index contributed by atoms with van der Waals surface area (Å²) in [6.45, 7) is -0.0375. The lowest BCUT2D eigenvalue weighted by atomic mass is 10.1. The van der Waals surface area contributed by atoms with Crippen LogP contribution in [0.1, 0.15) is 11.1 Å². The number of alkyl halides is 3. The van der Waals surface area contributed by atoms with Gasteiger partial charge in [-0.15, -0.1) is 0 Å². The van der Waals surface area contributed by atoms with Gasteiger partial charge in [-0.1, -0.05) is 12.1 Å². The number of carboxylic acid groups (broad SMARTS) is 1. The van der Waals surface area contributed by atoms with Gasteiger partial charge < -0.3 is 10.0 Å². The van der Waals surface area contributed by atoms with Crippen molar-refractivity contribution in [3.8, 4) is 0 Å². The number of fused-ring (bicyclic) bond motifs is 1. The maximum Gasteiger partial charge on any atom is 0.471 e. The molecule has 1 aliphatic heterocycles. The number of carbonyl (C=O) groups excluding carboxylic acids is 1. The van der Waals surface area contributed by atoms with Gasteiger partial charge in [-0.05, 0) is 23.6 Å². The summed E-state index contributed by atoms with van der Waals surface area (Å²) in [4.78, 5) is 22.5. The highest BCUT2D eigenvalue weighted by Crippen LogP contribution is 2.32. The van der Waals surface area contributed by atoms with Crippen LogP contribution in [0.2, 0.25) is 0 Å². The van der Waals surface area contributed by atoms with Gasteiger partial charge in [0.25, 0.3) is 0 Å². The summed E-state index contributed by atoms with van der Waals surface area (Å²) in [5, 5.41) is 8.66. The zero-order valence-corrected chi connectivity index (χ0v) is 9.70. The number of carboxylic acids is 1. The van der Waals surface area contributed by atoms with Crippen molar-refractivity contribution >= 4 is 17.6 Å². The van der Waals surface area contributed by atoms with Gasteiger partial charge in [0.15, 0.2) is 0 Å². The van der Waals surface area contributed by atoms with E-state index in [1.807, 2.05) is 0 Å². The lowest BCUT2D eigenvalue weighted by Gasteiger charge is -2.19. The monoisotopic (exact) mass is 273 g/mol. The average molecular weight is 273 g/mol. The van der Waals surface area contributed by atoms with Crippen LogP contribution in [-0.2, 0) is 22.4 Å². The molecule has 0 fully saturated rings. The first-order valence-electron chi connectivity index (χ1n) is 5.51. The zero-order valence-electron chi connectivity index (χ0n) is 9.70. The van der Waals surface area contributed by atoms with Gasteiger partial charge in [0.2, 0.25) is 0 Å². The van der Waals surface area contributed by atoms with Crippen LogP contribution in [0.5, 0.6) is 0 Å². The van der Waals surface area contributed by atoms with E-state index in [0.29, 0.717) is 22.4 Å². The summed E-state index contributed by atoms with van der Waals surface area (Å²) in [6, 6.07) is 4.45. The molecule has 4 nitrogen and oxygen atoms in total. The molecule has 7 heteroatoms. The minimum atomic E-state index is -4.93. The first-order valence-corrected chi connectivity index (χ1v) is 5.51. The normalized spacial score (nSPS) is 14.4. The van der Waals surface area contributed by atoms with Crippen molar-refractivity contribution in [2.45, 2.75) is 19.0 Å². The molecule has 0 atom stereocenters. The van der Waals surface area contributed by atoms with Crippen LogP contribution in [0.25, 0.3) is 0 Å².